The molecular weight excluding hydrogens is 320 g/mol. The van der Waals surface area contributed by atoms with Gasteiger partial charge in [-0.1, -0.05) is 15.9 Å². The molecule has 0 saturated carbocycles. The van der Waals surface area contributed by atoms with Gasteiger partial charge >= 0.3 is 0 Å². The Balaban J connectivity index is 1.88. The lowest BCUT2D eigenvalue weighted by molar-refractivity contribution is 0.0993. The summed E-state index contributed by atoms with van der Waals surface area (Å²) in [5, 5.41) is 0. The van der Waals surface area contributed by atoms with Gasteiger partial charge in [0.05, 0.1) is 12.2 Å². The molecule has 0 fully saturated rings. The van der Waals surface area contributed by atoms with Crippen LogP contribution in [0.5, 0.6) is 17.2 Å². The van der Waals surface area contributed by atoms with E-state index in [4.69, 9.17) is 9.47 Å². The molecule has 0 saturated heterocycles. The number of hydrogen-bond donors (Lipinski definition) is 0. The first-order valence-corrected chi connectivity index (χ1v) is 7.29. The van der Waals surface area contributed by atoms with E-state index in [1.54, 1.807) is 0 Å². The SMILES string of the molecule is O=C1Cc2cc(Br)ccc2Oc2cc3c(cc21)OCC3. The fraction of sp³-hybridized carbons (Fsp3) is 0.188. The number of halogens is 1. The summed E-state index contributed by atoms with van der Waals surface area (Å²) in [4.78, 5) is 12.4. The third kappa shape index (κ3) is 1.83. The minimum Gasteiger partial charge on any atom is -0.493 e. The van der Waals surface area contributed by atoms with Crippen LogP contribution in [0.4, 0.5) is 0 Å². The summed E-state index contributed by atoms with van der Waals surface area (Å²) in [5.41, 5.74) is 2.62. The van der Waals surface area contributed by atoms with Gasteiger partial charge in [0, 0.05) is 28.4 Å². The number of benzene rings is 2. The molecule has 100 valence electrons. The van der Waals surface area contributed by atoms with Crippen LogP contribution in [0.2, 0.25) is 0 Å². The molecule has 0 amide bonds. The van der Waals surface area contributed by atoms with Gasteiger partial charge in [-0.2, -0.15) is 0 Å². The Labute approximate surface area is 124 Å². The topological polar surface area (TPSA) is 35.5 Å². The minimum absolute atomic E-state index is 0.0650. The second-order valence-electron chi connectivity index (χ2n) is 5.01. The zero-order chi connectivity index (χ0) is 13.7. The summed E-state index contributed by atoms with van der Waals surface area (Å²) in [6.07, 6.45) is 1.22. The Morgan fingerprint density at radius 3 is 2.80 bits per heavy atom. The average Bonchev–Trinajstić information content (AvgIpc) is 2.82. The lowest BCUT2D eigenvalue weighted by Crippen LogP contribution is -2.02. The lowest BCUT2D eigenvalue weighted by Gasteiger charge is -2.09. The molecule has 0 radical (unpaired) electrons. The molecule has 0 atom stereocenters. The Hall–Kier alpha value is -1.81. The maximum atomic E-state index is 12.4. The van der Waals surface area contributed by atoms with Crippen molar-refractivity contribution < 1.29 is 14.3 Å². The molecule has 0 unspecified atom stereocenters. The number of rotatable bonds is 0. The average molecular weight is 331 g/mol. The number of ether oxygens (including phenoxy) is 2. The van der Waals surface area contributed by atoms with Gasteiger partial charge in [0.25, 0.3) is 0 Å². The standard InChI is InChI=1S/C16H11BrO3/c17-11-1-2-14-10(5-11)6-13(18)12-8-15-9(3-4-19-15)7-16(12)20-14/h1-2,5,7-8H,3-4,6H2. The normalized spacial score (nSPS) is 15.6. The molecule has 0 bridgehead atoms. The molecular formula is C16H11BrO3. The van der Waals surface area contributed by atoms with Crippen molar-refractivity contribution in [1.82, 2.24) is 0 Å². The molecule has 3 nitrogen and oxygen atoms in total. The highest BCUT2D eigenvalue weighted by molar-refractivity contribution is 9.10. The molecule has 2 aromatic rings. The van der Waals surface area contributed by atoms with Crippen LogP contribution < -0.4 is 9.47 Å². The summed E-state index contributed by atoms with van der Waals surface area (Å²) >= 11 is 3.43. The van der Waals surface area contributed by atoms with E-state index in [2.05, 4.69) is 15.9 Å². The molecule has 2 aromatic carbocycles. The van der Waals surface area contributed by atoms with Crippen molar-refractivity contribution in [3.05, 3.63) is 51.5 Å². The number of carbonyl (C=O) groups excluding carboxylic acids is 1. The van der Waals surface area contributed by atoms with Crippen molar-refractivity contribution in [1.29, 1.82) is 0 Å². The Kier molecular flexibility index (Phi) is 2.60. The molecule has 0 aliphatic carbocycles. The number of Topliss-reactive ketones (excluding diaryl/α,β-unsaturated/α-hetero) is 1. The first-order chi connectivity index (χ1) is 9.70. The van der Waals surface area contributed by atoms with Gasteiger partial charge in [0.15, 0.2) is 5.78 Å². The first kappa shape index (κ1) is 12.0. The minimum atomic E-state index is 0.0650. The van der Waals surface area contributed by atoms with Crippen LogP contribution in [0, 0.1) is 0 Å². The van der Waals surface area contributed by atoms with Crippen molar-refractivity contribution in [3.8, 4) is 17.2 Å². The molecule has 0 N–H and O–H groups in total. The van der Waals surface area contributed by atoms with E-state index < -0.39 is 0 Å². The van der Waals surface area contributed by atoms with Crippen LogP contribution >= 0.6 is 15.9 Å². The second kappa shape index (κ2) is 4.35. The number of hydrogen-bond acceptors (Lipinski definition) is 3. The van der Waals surface area contributed by atoms with Gasteiger partial charge in [-0.25, -0.2) is 0 Å². The second-order valence-corrected chi connectivity index (χ2v) is 5.92. The Morgan fingerprint density at radius 2 is 1.90 bits per heavy atom. The number of fused-ring (bicyclic) bond motifs is 3. The third-order valence-electron chi connectivity index (χ3n) is 3.69. The molecule has 0 spiro atoms. The van der Waals surface area contributed by atoms with Crippen LogP contribution in [0.15, 0.2) is 34.8 Å². The van der Waals surface area contributed by atoms with Crippen molar-refractivity contribution in [3.63, 3.8) is 0 Å². The van der Waals surface area contributed by atoms with Crippen LogP contribution in [0.3, 0.4) is 0 Å². The molecule has 2 aliphatic rings. The van der Waals surface area contributed by atoms with Crippen molar-refractivity contribution in [2.75, 3.05) is 6.61 Å². The summed E-state index contributed by atoms with van der Waals surface area (Å²) in [6.45, 7) is 0.677. The van der Waals surface area contributed by atoms with E-state index in [0.717, 1.165) is 33.5 Å². The summed E-state index contributed by atoms with van der Waals surface area (Å²) in [5.74, 6) is 2.27. The van der Waals surface area contributed by atoms with Crippen LogP contribution in [-0.4, -0.2) is 12.4 Å². The van der Waals surface area contributed by atoms with Gasteiger partial charge in [0.1, 0.15) is 17.2 Å². The van der Waals surface area contributed by atoms with E-state index in [0.29, 0.717) is 24.3 Å². The smallest absolute Gasteiger partial charge is 0.171 e. The summed E-state index contributed by atoms with van der Waals surface area (Å²) in [6, 6.07) is 9.51. The number of carbonyl (C=O) groups is 1. The van der Waals surface area contributed by atoms with E-state index in [-0.39, 0.29) is 5.78 Å². The van der Waals surface area contributed by atoms with Gasteiger partial charge in [-0.15, -0.1) is 0 Å². The molecule has 2 heterocycles. The van der Waals surface area contributed by atoms with Gasteiger partial charge in [-0.05, 0) is 30.3 Å². The van der Waals surface area contributed by atoms with E-state index in [1.165, 1.54) is 0 Å². The van der Waals surface area contributed by atoms with E-state index in [9.17, 15) is 4.79 Å². The Bertz CT molecular complexity index is 737. The molecule has 4 heteroatoms. The predicted molar refractivity (Wildman–Crippen MR) is 77.9 cm³/mol. The summed E-state index contributed by atoms with van der Waals surface area (Å²) < 4.78 is 12.4. The first-order valence-electron chi connectivity index (χ1n) is 6.50. The fourth-order valence-corrected chi connectivity index (χ4v) is 3.09. The largest absolute Gasteiger partial charge is 0.493 e. The van der Waals surface area contributed by atoms with Gasteiger partial charge in [0.2, 0.25) is 0 Å². The zero-order valence-corrected chi connectivity index (χ0v) is 12.2. The molecule has 4 rings (SSSR count). The highest BCUT2D eigenvalue weighted by Crippen LogP contribution is 2.39. The quantitative estimate of drug-likeness (QED) is 0.734. The van der Waals surface area contributed by atoms with Crippen molar-refractivity contribution in [2.24, 2.45) is 0 Å². The van der Waals surface area contributed by atoms with Crippen LogP contribution in [0.1, 0.15) is 21.5 Å². The monoisotopic (exact) mass is 330 g/mol. The predicted octanol–water partition coefficient (Wildman–Crippen LogP) is 3.92. The van der Waals surface area contributed by atoms with E-state index >= 15 is 0 Å². The van der Waals surface area contributed by atoms with Crippen LogP contribution in [0.25, 0.3) is 0 Å². The molecule has 2 aliphatic heterocycles. The zero-order valence-electron chi connectivity index (χ0n) is 10.6. The van der Waals surface area contributed by atoms with Crippen LogP contribution in [-0.2, 0) is 12.8 Å². The van der Waals surface area contributed by atoms with E-state index in [1.807, 2.05) is 30.3 Å². The third-order valence-corrected chi connectivity index (χ3v) is 4.18. The maximum Gasteiger partial charge on any atom is 0.171 e. The molecule has 20 heavy (non-hydrogen) atoms. The van der Waals surface area contributed by atoms with Gasteiger partial charge in [-0.3, -0.25) is 4.79 Å². The maximum absolute atomic E-state index is 12.4. The summed E-state index contributed by atoms with van der Waals surface area (Å²) in [7, 11) is 0. The van der Waals surface area contributed by atoms with Gasteiger partial charge < -0.3 is 9.47 Å². The lowest BCUT2D eigenvalue weighted by atomic mass is 10.0. The van der Waals surface area contributed by atoms with Crippen molar-refractivity contribution in [2.45, 2.75) is 12.8 Å². The molecule has 0 aromatic heterocycles. The van der Waals surface area contributed by atoms with Crippen molar-refractivity contribution >= 4 is 21.7 Å². The number of ketones is 1. The highest BCUT2D eigenvalue weighted by atomic mass is 79.9. The fourth-order valence-electron chi connectivity index (χ4n) is 2.68. The Morgan fingerprint density at radius 1 is 1.00 bits per heavy atom. The highest BCUT2D eigenvalue weighted by Gasteiger charge is 2.25.